The first-order valence-electron chi connectivity index (χ1n) is 6.71. The second kappa shape index (κ2) is 6.71. The van der Waals surface area contributed by atoms with Crippen LogP contribution in [-0.4, -0.2) is 13.4 Å². The first-order chi connectivity index (χ1) is 11.0. The standard InChI is InChI=1S/C15H13IN2O3S2/c1-10-14(22-15(18-10)13-3-2-8-21-13)9-17-23(19,20)12-6-4-11(16)5-7-12/h2-8,17H,9H2,1H3. The molecule has 0 saturated carbocycles. The number of aromatic nitrogens is 1. The van der Waals surface area contributed by atoms with Crippen molar-refractivity contribution in [1.82, 2.24) is 9.71 Å². The molecule has 23 heavy (non-hydrogen) atoms. The zero-order chi connectivity index (χ0) is 16.4. The van der Waals surface area contributed by atoms with Gasteiger partial charge in [0.15, 0.2) is 10.8 Å². The number of thiazole rings is 1. The number of hydrogen-bond donors (Lipinski definition) is 1. The van der Waals surface area contributed by atoms with Gasteiger partial charge in [-0.15, -0.1) is 11.3 Å². The molecule has 0 spiro atoms. The fourth-order valence-corrected chi connectivity index (χ4v) is 4.37. The molecule has 120 valence electrons. The van der Waals surface area contributed by atoms with E-state index in [1.54, 1.807) is 36.6 Å². The van der Waals surface area contributed by atoms with E-state index < -0.39 is 10.0 Å². The molecule has 2 heterocycles. The minimum atomic E-state index is -3.53. The summed E-state index contributed by atoms with van der Waals surface area (Å²) >= 11 is 3.56. The Morgan fingerprint density at radius 1 is 1.26 bits per heavy atom. The van der Waals surface area contributed by atoms with Crippen molar-refractivity contribution in [3.63, 3.8) is 0 Å². The molecule has 1 N–H and O–H groups in total. The Hall–Kier alpha value is -1.23. The van der Waals surface area contributed by atoms with Crippen molar-refractivity contribution >= 4 is 44.0 Å². The highest BCUT2D eigenvalue weighted by molar-refractivity contribution is 14.1. The molecule has 0 atom stereocenters. The quantitative estimate of drug-likeness (QED) is 0.589. The van der Waals surface area contributed by atoms with E-state index >= 15 is 0 Å². The summed E-state index contributed by atoms with van der Waals surface area (Å²) in [4.78, 5) is 5.55. The molecule has 0 aliphatic rings. The zero-order valence-corrected chi connectivity index (χ0v) is 15.9. The molecule has 5 nitrogen and oxygen atoms in total. The van der Waals surface area contributed by atoms with Crippen LogP contribution < -0.4 is 4.72 Å². The number of halogens is 1. The van der Waals surface area contributed by atoms with Crippen LogP contribution in [0.15, 0.2) is 52.0 Å². The van der Waals surface area contributed by atoms with Crippen LogP contribution in [0.3, 0.4) is 0 Å². The van der Waals surface area contributed by atoms with E-state index in [1.165, 1.54) is 11.3 Å². The molecule has 2 aromatic heterocycles. The van der Waals surface area contributed by atoms with Gasteiger partial charge < -0.3 is 4.42 Å². The van der Waals surface area contributed by atoms with Gasteiger partial charge in [-0.3, -0.25) is 0 Å². The lowest BCUT2D eigenvalue weighted by atomic mass is 10.4. The van der Waals surface area contributed by atoms with Gasteiger partial charge in [-0.1, -0.05) is 0 Å². The van der Waals surface area contributed by atoms with Crippen LogP contribution in [0.5, 0.6) is 0 Å². The summed E-state index contributed by atoms with van der Waals surface area (Å²) < 4.78 is 33.6. The van der Waals surface area contributed by atoms with Gasteiger partial charge in [0, 0.05) is 15.0 Å². The number of nitrogens with one attached hydrogen (secondary N) is 1. The molecule has 0 aliphatic carbocycles. The molecule has 0 unspecified atom stereocenters. The van der Waals surface area contributed by atoms with Gasteiger partial charge in [-0.05, 0) is 65.9 Å². The Bertz CT molecular complexity index is 901. The zero-order valence-electron chi connectivity index (χ0n) is 12.1. The van der Waals surface area contributed by atoms with Crippen LogP contribution in [-0.2, 0) is 16.6 Å². The number of rotatable bonds is 5. The number of sulfonamides is 1. The number of hydrogen-bond acceptors (Lipinski definition) is 5. The third-order valence-electron chi connectivity index (χ3n) is 3.17. The highest BCUT2D eigenvalue weighted by Crippen LogP contribution is 2.28. The average molecular weight is 460 g/mol. The van der Waals surface area contributed by atoms with Gasteiger partial charge in [0.05, 0.1) is 16.9 Å². The number of nitrogens with zero attached hydrogens (tertiary/aromatic N) is 1. The summed E-state index contributed by atoms with van der Waals surface area (Å²) in [5.74, 6) is 0.685. The van der Waals surface area contributed by atoms with Crippen molar-refractivity contribution in [2.45, 2.75) is 18.4 Å². The molecule has 3 aromatic rings. The average Bonchev–Trinajstić information content (AvgIpc) is 3.15. The summed E-state index contributed by atoms with van der Waals surface area (Å²) in [7, 11) is -3.53. The summed E-state index contributed by atoms with van der Waals surface area (Å²) in [5, 5.41) is 0.746. The smallest absolute Gasteiger partial charge is 0.240 e. The van der Waals surface area contributed by atoms with Crippen LogP contribution in [0.2, 0.25) is 0 Å². The molecule has 1 aromatic carbocycles. The van der Waals surface area contributed by atoms with Crippen molar-refractivity contribution in [1.29, 1.82) is 0 Å². The number of benzene rings is 1. The molecule has 0 fully saturated rings. The first kappa shape index (κ1) is 16.6. The lowest BCUT2D eigenvalue weighted by Crippen LogP contribution is -2.23. The lowest BCUT2D eigenvalue weighted by molar-refractivity contribution is 0.580. The SMILES string of the molecule is Cc1nc(-c2ccco2)sc1CNS(=O)(=O)c1ccc(I)cc1. The molecule has 0 aliphatic heterocycles. The monoisotopic (exact) mass is 460 g/mol. The highest BCUT2D eigenvalue weighted by atomic mass is 127. The van der Waals surface area contributed by atoms with E-state index in [9.17, 15) is 8.42 Å². The highest BCUT2D eigenvalue weighted by Gasteiger charge is 2.16. The normalized spacial score (nSPS) is 11.7. The van der Waals surface area contributed by atoms with Gasteiger partial charge in [-0.2, -0.15) is 0 Å². The van der Waals surface area contributed by atoms with E-state index in [0.29, 0.717) is 5.76 Å². The first-order valence-corrected chi connectivity index (χ1v) is 10.1. The summed E-state index contributed by atoms with van der Waals surface area (Å²) in [6.07, 6.45) is 1.59. The van der Waals surface area contributed by atoms with E-state index in [0.717, 1.165) is 19.1 Å². The molecule has 0 radical (unpaired) electrons. The Kier molecular flexibility index (Phi) is 4.85. The van der Waals surface area contributed by atoms with Crippen LogP contribution in [0.1, 0.15) is 10.6 Å². The summed E-state index contributed by atoms with van der Waals surface area (Å²) in [6, 6.07) is 10.4. The van der Waals surface area contributed by atoms with Crippen LogP contribution >= 0.6 is 33.9 Å². The predicted molar refractivity (Wildman–Crippen MR) is 97.7 cm³/mol. The third kappa shape index (κ3) is 3.82. The van der Waals surface area contributed by atoms with Crippen molar-refractivity contribution in [2.75, 3.05) is 0 Å². The number of aryl methyl sites for hydroxylation is 1. The minimum absolute atomic E-state index is 0.207. The molecule has 8 heteroatoms. The lowest BCUT2D eigenvalue weighted by Gasteiger charge is -2.06. The summed E-state index contributed by atoms with van der Waals surface area (Å²) in [6.45, 7) is 2.07. The Morgan fingerprint density at radius 3 is 2.65 bits per heavy atom. The van der Waals surface area contributed by atoms with Gasteiger partial charge in [0.25, 0.3) is 0 Å². The van der Waals surface area contributed by atoms with E-state index in [1.807, 2.05) is 13.0 Å². The fourth-order valence-electron chi connectivity index (χ4n) is 1.96. The van der Waals surface area contributed by atoms with E-state index in [2.05, 4.69) is 32.3 Å². The van der Waals surface area contributed by atoms with Crippen molar-refractivity contribution in [3.05, 3.63) is 56.8 Å². The van der Waals surface area contributed by atoms with Crippen LogP contribution in [0.4, 0.5) is 0 Å². The van der Waals surface area contributed by atoms with E-state index in [4.69, 9.17) is 4.42 Å². The molecule has 0 amide bonds. The van der Waals surface area contributed by atoms with Crippen molar-refractivity contribution in [3.8, 4) is 10.8 Å². The molecular weight excluding hydrogens is 447 g/mol. The van der Waals surface area contributed by atoms with Gasteiger partial charge in [0.1, 0.15) is 0 Å². The van der Waals surface area contributed by atoms with Crippen LogP contribution in [0, 0.1) is 10.5 Å². The second-order valence-electron chi connectivity index (χ2n) is 4.78. The maximum Gasteiger partial charge on any atom is 0.240 e. The topological polar surface area (TPSA) is 72.2 Å². The number of furan rings is 1. The Balaban J connectivity index is 1.76. The molecule has 0 saturated heterocycles. The Labute approximate surface area is 152 Å². The second-order valence-corrected chi connectivity index (χ2v) is 8.88. The largest absolute Gasteiger partial charge is 0.462 e. The van der Waals surface area contributed by atoms with Gasteiger partial charge in [-0.25, -0.2) is 18.1 Å². The van der Waals surface area contributed by atoms with Crippen molar-refractivity contribution in [2.24, 2.45) is 0 Å². The third-order valence-corrected chi connectivity index (χ3v) is 6.48. The minimum Gasteiger partial charge on any atom is -0.462 e. The fraction of sp³-hybridized carbons (Fsp3) is 0.133. The molecule has 3 rings (SSSR count). The predicted octanol–water partition coefficient (Wildman–Crippen LogP) is 3.79. The maximum atomic E-state index is 12.3. The molecular formula is C15H13IN2O3S2. The van der Waals surface area contributed by atoms with Crippen LogP contribution in [0.25, 0.3) is 10.8 Å². The molecule has 0 bridgehead atoms. The maximum absolute atomic E-state index is 12.3. The van der Waals surface area contributed by atoms with Gasteiger partial charge in [0.2, 0.25) is 10.0 Å². The van der Waals surface area contributed by atoms with Gasteiger partial charge >= 0.3 is 0 Å². The van der Waals surface area contributed by atoms with E-state index in [-0.39, 0.29) is 11.4 Å². The van der Waals surface area contributed by atoms with Crippen molar-refractivity contribution < 1.29 is 12.8 Å². The Morgan fingerprint density at radius 2 is 2.00 bits per heavy atom. The summed E-state index contributed by atoms with van der Waals surface area (Å²) in [5.41, 5.74) is 0.798.